The van der Waals surface area contributed by atoms with Crippen LogP contribution in [0.5, 0.6) is 11.5 Å². The van der Waals surface area contributed by atoms with Gasteiger partial charge in [-0.25, -0.2) is 0 Å². The number of rotatable bonds is 5. The van der Waals surface area contributed by atoms with Crippen LogP contribution in [0.2, 0.25) is 0 Å². The third-order valence-corrected chi connectivity index (χ3v) is 8.21. The second-order valence-corrected chi connectivity index (χ2v) is 10.4. The number of aliphatic hydroxyl groups is 1. The van der Waals surface area contributed by atoms with Crippen molar-refractivity contribution in [3.8, 4) is 11.5 Å². The molecular formula is C25H40O3. The molecule has 1 unspecified atom stereocenters. The van der Waals surface area contributed by atoms with Crippen molar-refractivity contribution in [3.05, 3.63) is 23.3 Å². The minimum Gasteiger partial charge on any atom is -0.493 e. The summed E-state index contributed by atoms with van der Waals surface area (Å²) in [6, 6.07) is 4.34. The second-order valence-electron chi connectivity index (χ2n) is 10.4. The Bertz CT molecular complexity index is 706. The second kappa shape index (κ2) is 7.55. The van der Waals surface area contributed by atoms with E-state index in [0.29, 0.717) is 11.3 Å². The normalized spacial score (nSPS) is 34.6. The van der Waals surface area contributed by atoms with E-state index >= 15 is 0 Å². The molecule has 3 rings (SSSR count). The zero-order valence-electron chi connectivity index (χ0n) is 19.0. The number of hydrogen-bond acceptors (Lipinski definition) is 3. The van der Waals surface area contributed by atoms with Crippen LogP contribution in [0.15, 0.2) is 12.1 Å². The lowest BCUT2D eigenvalue weighted by molar-refractivity contribution is -0.166. The Labute approximate surface area is 171 Å². The highest BCUT2D eigenvalue weighted by atomic mass is 16.5. The van der Waals surface area contributed by atoms with E-state index in [1.165, 1.54) is 30.4 Å². The van der Waals surface area contributed by atoms with Crippen molar-refractivity contribution in [2.24, 2.45) is 22.7 Å². The average Bonchev–Trinajstić information content (AvgIpc) is 2.63. The van der Waals surface area contributed by atoms with Gasteiger partial charge >= 0.3 is 0 Å². The van der Waals surface area contributed by atoms with Crippen LogP contribution in [0.1, 0.15) is 77.8 Å². The largest absolute Gasteiger partial charge is 0.493 e. The summed E-state index contributed by atoms with van der Waals surface area (Å²) >= 11 is 0. The van der Waals surface area contributed by atoms with Crippen molar-refractivity contribution in [2.45, 2.75) is 85.2 Å². The fourth-order valence-electron chi connectivity index (χ4n) is 6.76. The summed E-state index contributed by atoms with van der Waals surface area (Å²) in [4.78, 5) is 0. The maximum Gasteiger partial charge on any atom is 0.163 e. The van der Waals surface area contributed by atoms with E-state index in [0.717, 1.165) is 37.2 Å². The van der Waals surface area contributed by atoms with Crippen LogP contribution >= 0.6 is 0 Å². The summed E-state index contributed by atoms with van der Waals surface area (Å²) in [6.45, 7) is 11.6. The van der Waals surface area contributed by atoms with Gasteiger partial charge in [-0.3, -0.25) is 0 Å². The fraction of sp³-hybridized carbons (Fsp3) is 0.760. The van der Waals surface area contributed by atoms with Crippen molar-refractivity contribution in [3.63, 3.8) is 0 Å². The number of fused-ring (bicyclic) bond motifs is 1. The Morgan fingerprint density at radius 3 is 2.36 bits per heavy atom. The molecule has 0 bridgehead atoms. The van der Waals surface area contributed by atoms with Crippen molar-refractivity contribution >= 4 is 0 Å². The third-order valence-electron chi connectivity index (χ3n) is 8.21. The van der Waals surface area contributed by atoms with E-state index in [4.69, 9.17) is 9.47 Å². The number of hydrogen-bond donors (Lipinski definition) is 1. The Morgan fingerprint density at radius 2 is 1.75 bits per heavy atom. The molecule has 2 fully saturated rings. The molecule has 0 aliphatic heterocycles. The summed E-state index contributed by atoms with van der Waals surface area (Å²) in [5, 5.41) is 11.5. The fourth-order valence-corrected chi connectivity index (χ4v) is 6.76. The molecule has 0 heterocycles. The highest BCUT2D eigenvalue weighted by Crippen LogP contribution is 2.62. The predicted molar refractivity (Wildman–Crippen MR) is 115 cm³/mol. The standard InChI is InChI=1S/C25H40O3/c1-8-17-14-18(22(28-7)19(15-17)27-6)16-21-24(4)12-9-11-23(2,3)20(24)10-13-25(21,5)26/h14-15,20-21,26H,8-13,16H2,1-7H3/t20?,21-,24+,25-/m1/s1. The van der Waals surface area contributed by atoms with Gasteiger partial charge in [-0.1, -0.05) is 40.2 Å². The first-order valence-corrected chi connectivity index (χ1v) is 11.0. The van der Waals surface area contributed by atoms with Gasteiger partial charge in [0, 0.05) is 0 Å². The Hall–Kier alpha value is -1.22. The van der Waals surface area contributed by atoms with Crippen LogP contribution in [0.3, 0.4) is 0 Å². The Morgan fingerprint density at radius 1 is 1.04 bits per heavy atom. The van der Waals surface area contributed by atoms with E-state index in [1.54, 1.807) is 14.2 Å². The molecule has 0 spiro atoms. The third kappa shape index (κ3) is 3.56. The molecular weight excluding hydrogens is 348 g/mol. The van der Waals surface area contributed by atoms with E-state index < -0.39 is 5.60 Å². The van der Waals surface area contributed by atoms with Crippen molar-refractivity contribution in [1.82, 2.24) is 0 Å². The van der Waals surface area contributed by atoms with Crippen molar-refractivity contribution in [1.29, 1.82) is 0 Å². The molecule has 3 nitrogen and oxygen atoms in total. The van der Waals surface area contributed by atoms with Gasteiger partial charge in [0.1, 0.15) is 0 Å². The summed E-state index contributed by atoms with van der Waals surface area (Å²) in [5.41, 5.74) is 2.26. The van der Waals surface area contributed by atoms with Gasteiger partial charge < -0.3 is 14.6 Å². The van der Waals surface area contributed by atoms with Crippen LogP contribution in [0.4, 0.5) is 0 Å². The molecule has 2 aliphatic carbocycles. The number of benzene rings is 1. The highest BCUT2D eigenvalue weighted by Gasteiger charge is 2.57. The van der Waals surface area contributed by atoms with Crippen LogP contribution in [0, 0.1) is 22.7 Å². The molecule has 1 aromatic rings. The minimum atomic E-state index is -0.654. The molecule has 158 valence electrons. The molecule has 0 amide bonds. The molecule has 0 aromatic heterocycles. The smallest absolute Gasteiger partial charge is 0.163 e. The number of methoxy groups -OCH3 is 2. The molecule has 2 saturated carbocycles. The molecule has 0 radical (unpaired) electrons. The van der Waals surface area contributed by atoms with E-state index in [1.807, 2.05) is 0 Å². The van der Waals surface area contributed by atoms with Crippen molar-refractivity contribution in [2.75, 3.05) is 14.2 Å². The lowest BCUT2D eigenvalue weighted by Crippen LogP contribution is -2.58. The van der Waals surface area contributed by atoms with Gasteiger partial charge in [0.25, 0.3) is 0 Å². The zero-order valence-corrected chi connectivity index (χ0v) is 19.0. The van der Waals surface area contributed by atoms with E-state index in [-0.39, 0.29) is 11.3 Å². The van der Waals surface area contributed by atoms with Crippen LogP contribution < -0.4 is 9.47 Å². The summed E-state index contributed by atoms with van der Waals surface area (Å²) < 4.78 is 11.4. The summed E-state index contributed by atoms with van der Waals surface area (Å²) in [7, 11) is 3.43. The highest BCUT2D eigenvalue weighted by molar-refractivity contribution is 5.50. The topological polar surface area (TPSA) is 38.7 Å². The maximum atomic E-state index is 11.5. The van der Waals surface area contributed by atoms with Crippen molar-refractivity contribution < 1.29 is 14.6 Å². The lowest BCUT2D eigenvalue weighted by atomic mass is 9.45. The van der Waals surface area contributed by atoms with Gasteiger partial charge in [0.15, 0.2) is 11.5 Å². The quantitative estimate of drug-likeness (QED) is 0.692. The lowest BCUT2D eigenvalue weighted by Gasteiger charge is -2.61. The number of aryl methyl sites for hydroxylation is 1. The van der Waals surface area contributed by atoms with Gasteiger partial charge in [-0.15, -0.1) is 0 Å². The molecule has 1 N–H and O–H groups in total. The minimum absolute atomic E-state index is 0.143. The van der Waals surface area contributed by atoms with Gasteiger partial charge in [0.2, 0.25) is 0 Å². The SMILES string of the molecule is CCc1cc(C[C@@H]2[C@@]3(C)CCCC(C)(C)C3CC[C@@]2(C)O)c(OC)c(OC)c1. The molecule has 28 heavy (non-hydrogen) atoms. The first kappa shape index (κ1) is 21.5. The number of ether oxygens (including phenoxy) is 2. The molecule has 3 heteroatoms. The maximum absolute atomic E-state index is 11.5. The zero-order chi connectivity index (χ0) is 20.7. The molecule has 2 aliphatic rings. The first-order valence-electron chi connectivity index (χ1n) is 11.0. The van der Waals surface area contributed by atoms with Crippen LogP contribution in [-0.2, 0) is 12.8 Å². The van der Waals surface area contributed by atoms with E-state index in [9.17, 15) is 5.11 Å². The summed E-state index contributed by atoms with van der Waals surface area (Å²) in [6.07, 6.45) is 7.56. The van der Waals surface area contributed by atoms with Gasteiger partial charge in [0.05, 0.1) is 19.8 Å². The summed E-state index contributed by atoms with van der Waals surface area (Å²) in [5.74, 6) is 2.50. The molecule has 0 saturated heterocycles. The van der Waals surface area contributed by atoms with Crippen LogP contribution in [0.25, 0.3) is 0 Å². The Balaban J connectivity index is 2.06. The van der Waals surface area contributed by atoms with E-state index in [2.05, 4.69) is 46.8 Å². The first-order chi connectivity index (χ1) is 13.1. The van der Waals surface area contributed by atoms with Gasteiger partial charge in [-0.2, -0.15) is 0 Å². The average molecular weight is 389 g/mol. The van der Waals surface area contributed by atoms with Crippen LogP contribution in [-0.4, -0.2) is 24.9 Å². The predicted octanol–water partition coefficient (Wildman–Crippen LogP) is 5.80. The monoisotopic (exact) mass is 388 g/mol. The van der Waals surface area contributed by atoms with Gasteiger partial charge in [-0.05, 0) is 85.3 Å². The Kier molecular flexibility index (Phi) is 5.80. The molecule has 1 aromatic carbocycles. The molecule has 4 atom stereocenters.